The topological polar surface area (TPSA) is 81.9 Å². The number of primary amides is 1. The van der Waals surface area contributed by atoms with E-state index in [1.165, 1.54) is 29.2 Å². The summed E-state index contributed by atoms with van der Waals surface area (Å²) < 4.78 is 25.0. The molecule has 0 unspecified atom stereocenters. The second-order valence-electron chi connectivity index (χ2n) is 6.00. The van der Waals surface area contributed by atoms with Gasteiger partial charge in [-0.2, -0.15) is 0 Å². The number of nitrogens with zero attached hydrogens (tertiary/aromatic N) is 1. The Bertz CT molecular complexity index is 858. The molecule has 2 N–H and O–H groups in total. The van der Waals surface area contributed by atoms with Crippen molar-refractivity contribution in [2.24, 2.45) is 5.73 Å². The van der Waals surface area contributed by atoms with E-state index in [0.717, 1.165) is 5.56 Å². The minimum atomic E-state index is -0.518. The fourth-order valence-electron chi connectivity index (χ4n) is 2.74. The molecule has 1 aliphatic rings. The Labute approximate surface area is 164 Å². The second-order valence-corrected chi connectivity index (χ2v) is 6.86. The summed E-state index contributed by atoms with van der Waals surface area (Å²) in [5.41, 5.74) is 6.44. The van der Waals surface area contributed by atoms with Crippen LogP contribution in [0.4, 0.5) is 10.1 Å². The molecule has 2 aromatic carbocycles. The molecule has 1 heterocycles. The Morgan fingerprint density at radius 2 is 1.74 bits per heavy atom. The van der Waals surface area contributed by atoms with Gasteiger partial charge in [0.2, 0.25) is 11.8 Å². The van der Waals surface area contributed by atoms with E-state index in [0.29, 0.717) is 34.9 Å². The largest absolute Gasteiger partial charge is 0.486 e. The minimum Gasteiger partial charge on any atom is -0.486 e. The van der Waals surface area contributed by atoms with Crippen LogP contribution in [0.15, 0.2) is 40.9 Å². The SMILES string of the molecule is NC(=O)CCN(C(=O)Cc1cc2c(cc1Br)OCCO2)c1ccc(F)cc1. The molecule has 0 saturated heterocycles. The summed E-state index contributed by atoms with van der Waals surface area (Å²) in [6.07, 6.45) is 0.0682. The lowest BCUT2D eigenvalue weighted by molar-refractivity contribution is -0.118. The first kappa shape index (κ1) is 19.2. The number of rotatable bonds is 6. The Kier molecular flexibility index (Phi) is 5.95. The molecule has 0 radical (unpaired) electrons. The molecule has 6 nitrogen and oxygen atoms in total. The van der Waals surface area contributed by atoms with Crippen molar-refractivity contribution in [3.8, 4) is 11.5 Å². The molecular weight excluding hydrogens is 419 g/mol. The molecule has 3 rings (SSSR count). The lowest BCUT2D eigenvalue weighted by Crippen LogP contribution is -2.35. The van der Waals surface area contributed by atoms with E-state index in [9.17, 15) is 14.0 Å². The van der Waals surface area contributed by atoms with E-state index in [4.69, 9.17) is 15.2 Å². The first-order valence-electron chi connectivity index (χ1n) is 8.36. The van der Waals surface area contributed by atoms with Crippen LogP contribution < -0.4 is 20.1 Å². The van der Waals surface area contributed by atoms with Crippen molar-refractivity contribution >= 4 is 33.4 Å². The molecule has 1 aliphatic heterocycles. The quantitative estimate of drug-likeness (QED) is 0.754. The van der Waals surface area contributed by atoms with Crippen molar-refractivity contribution in [1.29, 1.82) is 0 Å². The van der Waals surface area contributed by atoms with Crippen LogP contribution in [0, 0.1) is 5.82 Å². The third-order valence-corrected chi connectivity index (χ3v) is 4.81. The van der Waals surface area contributed by atoms with Gasteiger partial charge in [0.25, 0.3) is 0 Å². The van der Waals surface area contributed by atoms with E-state index in [1.54, 1.807) is 12.1 Å². The lowest BCUT2D eigenvalue weighted by atomic mass is 10.1. The van der Waals surface area contributed by atoms with Crippen molar-refractivity contribution in [1.82, 2.24) is 0 Å². The summed E-state index contributed by atoms with van der Waals surface area (Å²) in [5, 5.41) is 0. The smallest absolute Gasteiger partial charge is 0.231 e. The number of nitrogens with two attached hydrogens (primary N) is 1. The fourth-order valence-corrected chi connectivity index (χ4v) is 3.20. The molecule has 0 aromatic heterocycles. The van der Waals surface area contributed by atoms with Gasteiger partial charge in [-0.1, -0.05) is 15.9 Å². The monoisotopic (exact) mass is 436 g/mol. The van der Waals surface area contributed by atoms with Gasteiger partial charge in [0.1, 0.15) is 19.0 Å². The highest BCUT2D eigenvalue weighted by Gasteiger charge is 2.21. The lowest BCUT2D eigenvalue weighted by Gasteiger charge is -2.24. The van der Waals surface area contributed by atoms with Crippen molar-refractivity contribution < 1.29 is 23.5 Å². The van der Waals surface area contributed by atoms with Crippen LogP contribution in [0.3, 0.4) is 0 Å². The van der Waals surface area contributed by atoms with Gasteiger partial charge in [0.05, 0.1) is 6.42 Å². The number of benzene rings is 2. The van der Waals surface area contributed by atoms with Gasteiger partial charge >= 0.3 is 0 Å². The van der Waals surface area contributed by atoms with Crippen LogP contribution in [0.2, 0.25) is 0 Å². The summed E-state index contributed by atoms with van der Waals surface area (Å²) in [5.74, 6) is 0.0254. The predicted molar refractivity (Wildman–Crippen MR) is 101 cm³/mol. The zero-order chi connectivity index (χ0) is 19.4. The Balaban J connectivity index is 1.83. The normalized spacial score (nSPS) is 12.5. The molecule has 0 saturated carbocycles. The van der Waals surface area contributed by atoms with Gasteiger partial charge in [0, 0.05) is 23.1 Å². The standard InChI is InChI=1S/C19H18BrFN2O4/c20-15-11-17-16(26-7-8-27-17)9-12(15)10-19(25)23(6-5-18(22)24)14-3-1-13(21)2-4-14/h1-4,9,11H,5-8,10H2,(H2,22,24). The molecule has 2 amide bonds. The summed E-state index contributed by atoms with van der Waals surface area (Å²) >= 11 is 3.45. The fraction of sp³-hybridized carbons (Fsp3) is 0.263. The molecule has 8 heteroatoms. The number of ether oxygens (including phenoxy) is 2. The van der Waals surface area contributed by atoms with Gasteiger partial charge in [-0.25, -0.2) is 4.39 Å². The molecular formula is C19H18BrFN2O4. The third kappa shape index (κ3) is 4.77. The van der Waals surface area contributed by atoms with E-state index in [1.807, 2.05) is 0 Å². The molecule has 0 aliphatic carbocycles. The van der Waals surface area contributed by atoms with Gasteiger partial charge in [-0.15, -0.1) is 0 Å². The number of hydrogen-bond acceptors (Lipinski definition) is 4. The Morgan fingerprint density at radius 3 is 2.37 bits per heavy atom. The summed E-state index contributed by atoms with van der Waals surface area (Å²) in [6.45, 7) is 1.04. The van der Waals surface area contributed by atoms with Gasteiger partial charge in [-0.05, 0) is 42.0 Å². The highest BCUT2D eigenvalue weighted by atomic mass is 79.9. The molecule has 0 spiro atoms. The first-order chi connectivity index (χ1) is 12.9. The summed E-state index contributed by atoms with van der Waals surface area (Å²) in [4.78, 5) is 25.5. The number of carbonyl (C=O) groups excluding carboxylic acids is 2. The van der Waals surface area contributed by atoms with E-state index < -0.39 is 11.7 Å². The van der Waals surface area contributed by atoms with Crippen LogP contribution in [-0.2, 0) is 16.0 Å². The Hall–Kier alpha value is -2.61. The predicted octanol–water partition coefficient (Wildman–Crippen LogP) is 2.81. The zero-order valence-corrected chi connectivity index (χ0v) is 16.0. The highest BCUT2D eigenvalue weighted by molar-refractivity contribution is 9.10. The molecule has 2 aromatic rings. The average Bonchev–Trinajstić information content (AvgIpc) is 2.63. The average molecular weight is 437 g/mol. The maximum Gasteiger partial charge on any atom is 0.231 e. The van der Waals surface area contributed by atoms with Gasteiger partial charge in [0.15, 0.2) is 11.5 Å². The highest BCUT2D eigenvalue weighted by Crippen LogP contribution is 2.36. The summed E-state index contributed by atoms with van der Waals surface area (Å²) in [6, 6.07) is 9.04. The molecule has 142 valence electrons. The number of anilines is 1. The van der Waals surface area contributed by atoms with Crippen molar-refractivity contribution in [3.05, 3.63) is 52.3 Å². The van der Waals surface area contributed by atoms with Crippen LogP contribution in [0.25, 0.3) is 0 Å². The number of halogens is 2. The molecule has 27 heavy (non-hydrogen) atoms. The van der Waals surface area contributed by atoms with Crippen molar-refractivity contribution in [2.45, 2.75) is 12.8 Å². The second kappa shape index (κ2) is 8.39. The Morgan fingerprint density at radius 1 is 1.11 bits per heavy atom. The summed E-state index contributed by atoms with van der Waals surface area (Å²) in [7, 11) is 0. The number of hydrogen-bond donors (Lipinski definition) is 1. The van der Waals surface area contributed by atoms with Crippen LogP contribution in [0.1, 0.15) is 12.0 Å². The third-order valence-electron chi connectivity index (χ3n) is 4.07. The number of fused-ring (bicyclic) bond motifs is 1. The van der Waals surface area contributed by atoms with Crippen LogP contribution >= 0.6 is 15.9 Å². The van der Waals surface area contributed by atoms with E-state index in [-0.39, 0.29) is 25.3 Å². The van der Waals surface area contributed by atoms with Gasteiger partial charge in [-0.3, -0.25) is 9.59 Å². The van der Waals surface area contributed by atoms with Gasteiger partial charge < -0.3 is 20.1 Å². The van der Waals surface area contributed by atoms with Crippen LogP contribution in [0.5, 0.6) is 11.5 Å². The maximum absolute atomic E-state index is 13.2. The molecule has 0 bridgehead atoms. The molecule has 0 fully saturated rings. The van der Waals surface area contributed by atoms with Crippen molar-refractivity contribution in [3.63, 3.8) is 0 Å². The van der Waals surface area contributed by atoms with E-state index in [2.05, 4.69) is 15.9 Å². The van der Waals surface area contributed by atoms with Crippen LogP contribution in [-0.4, -0.2) is 31.6 Å². The molecule has 0 atom stereocenters. The minimum absolute atomic E-state index is 0.00538. The number of amides is 2. The number of carbonyl (C=O) groups is 2. The maximum atomic E-state index is 13.2. The first-order valence-corrected chi connectivity index (χ1v) is 9.15. The zero-order valence-electron chi connectivity index (χ0n) is 14.4. The van der Waals surface area contributed by atoms with E-state index >= 15 is 0 Å². The van der Waals surface area contributed by atoms with Crippen molar-refractivity contribution in [2.75, 3.05) is 24.7 Å².